The van der Waals surface area contributed by atoms with Gasteiger partial charge in [0.2, 0.25) is 0 Å². The van der Waals surface area contributed by atoms with E-state index in [1.165, 1.54) is 7.05 Å². The summed E-state index contributed by atoms with van der Waals surface area (Å²) in [6.45, 7) is -0.980. The smallest absolute Gasteiger partial charge is 0.491 e. The first-order chi connectivity index (χ1) is 10.5. The fraction of sp³-hybridized carbons (Fsp3) is 0.538. The van der Waals surface area contributed by atoms with Crippen molar-refractivity contribution in [1.82, 2.24) is 5.01 Å². The molecule has 0 atom stereocenters. The highest BCUT2D eigenvalue weighted by molar-refractivity contribution is 5.65. The average Bonchev–Trinajstić information content (AvgIpc) is 2.39. The Morgan fingerprint density at radius 2 is 1.87 bits per heavy atom. The van der Waals surface area contributed by atoms with Gasteiger partial charge < -0.3 is 9.47 Å². The van der Waals surface area contributed by atoms with Crippen molar-refractivity contribution in [1.29, 1.82) is 0 Å². The van der Waals surface area contributed by atoms with Crippen molar-refractivity contribution < 1.29 is 35.8 Å². The predicted molar refractivity (Wildman–Crippen MR) is 69.2 cm³/mol. The first kappa shape index (κ1) is 17.5. The first-order valence-corrected chi connectivity index (χ1v) is 6.53. The van der Waals surface area contributed by atoms with Crippen LogP contribution in [0.5, 0.6) is 11.5 Å². The standard InChI is InChI=1S/C13H14F6N2O2/c1-20-7-12(15,16)5-6-21(20)10-8(14)3-4-9(11(10)22-2)23-13(17,18)19/h3-4H,5-7H2,1-2H3. The molecule has 1 aromatic carbocycles. The van der Waals surface area contributed by atoms with Gasteiger partial charge in [0.05, 0.1) is 13.7 Å². The number of hydrogen-bond acceptors (Lipinski definition) is 4. The second-order valence-electron chi connectivity index (χ2n) is 5.02. The molecule has 130 valence electrons. The lowest BCUT2D eigenvalue weighted by molar-refractivity contribution is -0.275. The number of benzene rings is 1. The molecule has 0 aliphatic carbocycles. The van der Waals surface area contributed by atoms with Gasteiger partial charge in [-0.15, -0.1) is 13.2 Å². The lowest BCUT2D eigenvalue weighted by Crippen LogP contribution is -2.53. The molecule has 1 aliphatic heterocycles. The lowest BCUT2D eigenvalue weighted by atomic mass is 10.1. The summed E-state index contributed by atoms with van der Waals surface area (Å²) in [6, 6.07) is 1.53. The lowest BCUT2D eigenvalue weighted by Gasteiger charge is -2.41. The van der Waals surface area contributed by atoms with Crippen LogP contribution in [0.1, 0.15) is 6.42 Å². The molecule has 1 fully saturated rings. The van der Waals surface area contributed by atoms with Gasteiger partial charge in [0, 0.05) is 20.0 Å². The maximum atomic E-state index is 14.1. The summed E-state index contributed by atoms with van der Waals surface area (Å²) in [6.07, 6.45) is -5.56. The Morgan fingerprint density at radius 1 is 1.22 bits per heavy atom. The maximum Gasteiger partial charge on any atom is 0.573 e. The molecule has 0 unspecified atom stereocenters. The van der Waals surface area contributed by atoms with Crippen LogP contribution in [0.15, 0.2) is 12.1 Å². The molecular weight excluding hydrogens is 330 g/mol. The number of hydrazine groups is 1. The van der Waals surface area contributed by atoms with E-state index in [2.05, 4.69) is 4.74 Å². The second-order valence-corrected chi connectivity index (χ2v) is 5.02. The van der Waals surface area contributed by atoms with Crippen molar-refractivity contribution in [2.24, 2.45) is 0 Å². The quantitative estimate of drug-likeness (QED) is 0.785. The van der Waals surface area contributed by atoms with E-state index in [1.54, 1.807) is 0 Å². The van der Waals surface area contributed by atoms with Gasteiger partial charge in [0.15, 0.2) is 17.3 Å². The molecular formula is C13H14F6N2O2. The van der Waals surface area contributed by atoms with Crippen LogP contribution < -0.4 is 14.5 Å². The van der Waals surface area contributed by atoms with Crippen LogP contribution in [-0.2, 0) is 0 Å². The highest BCUT2D eigenvalue weighted by atomic mass is 19.4. The van der Waals surface area contributed by atoms with Crippen LogP contribution in [0.25, 0.3) is 0 Å². The van der Waals surface area contributed by atoms with Gasteiger partial charge in [0.1, 0.15) is 5.69 Å². The van der Waals surface area contributed by atoms with E-state index in [4.69, 9.17) is 4.74 Å². The molecule has 1 aromatic rings. The van der Waals surface area contributed by atoms with Gasteiger partial charge in [-0.25, -0.2) is 18.2 Å². The molecule has 1 saturated heterocycles. The predicted octanol–water partition coefficient (Wildman–Crippen LogP) is 3.43. The van der Waals surface area contributed by atoms with Crippen molar-refractivity contribution in [3.8, 4) is 11.5 Å². The van der Waals surface area contributed by atoms with Gasteiger partial charge in [-0.05, 0) is 12.1 Å². The number of halogens is 6. The molecule has 4 nitrogen and oxygen atoms in total. The van der Waals surface area contributed by atoms with Crippen LogP contribution in [0.2, 0.25) is 0 Å². The van der Waals surface area contributed by atoms with Crippen LogP contribution in [0.4, 0.5) is 32.0 Å². The Morgan fingerprint density at radius 3 is 2.39 bits per heavy atom. The third-order valence-corrected chi connectivity index (χ3v) is 3.30. The number of methoxy groups -OCH3 is 1. The summed E-state index contributed by atoms with van der Waals surface area (Å²) < 4.78 is 86.7. The highest BCUT2D eigenvalue weighted by Gasteiger charge is 2.40. The summed E-state index contributed by atoms with van der Waals surface area (Å²) in [5, 5.41) is 2.14. The first-order valence-electron chi connectivity index (χ1n) is 6.53. The molecule has 1 aliphatic rings. The van der Waals surface area contributed by atoms with E-state index < -0.39 is 42.6 Å². The Kier molecular flexibility index (Phi) is 4.56. The van der Waals surface area contributed by atoms with Crippen LogP contribution >= 0.6 is 0 Å². The van der Waals surface area contributed by atoms with E-state index in [1.807, 2.05) is 0 Å². The fourth-order valence-corrected chi connectivity index (χ4v) is 2.39. The maximum absolute atomic E-state index is 14.1. The Bertz CT molecular complexity index is 578. The summed E-state index contributed by atoms with van der Waals surface area (Å²) >= 11 is 0. The normalized spacial score (nSPS) is 18.9. The molecule has 0 amide bonds. The minimum atomic E-state index is -5.00. The number of ether oxygens (including phenoxy) is 2. The minimum absolute atomic E-state index is 0.285. The molecule has 0 saturated carbocycles. The number of hydrogen-bond donors (Lipinski definition) is 0. The van der Waals surface area contributed by atoms with Crippen LogP contribution in [-0.4, -0.2) is 44.5 Å². The highest BCUT2D eigenvalue weighted by Crippen LogP contribution is 2.43. The molecule has 0 radical (unpaired) electrons. The van der Waals surface area contributed by atoms with Crippen LogP contribution in [0, 0.1) is 5.82 Å². The van der Waals surface area contributed by atoms with E-state index >= 15 is 0 Å². The Labute approximate surface area is 128 Å². The number of nitrogens with zero attached hydrogens (tertiary/aromatic N) is 2. The van der Waals surface area contributed by atoms with Crippen molar-refractivity contribution in [2.75, 3.05) is 32.3 Å². The summed E-state index contributed by atoms with van der Waals surface area (Å²) in [7, 11) is 2.32. The van der Waals surface area contributed by atoms with Gasteiger partial charge in [-0.1, -0.05) is 0 Å². The van der Waals surface area contributed by atoms with Crippen LogP contribution in [0.3, 0.4) is 0 Å². The van der Waals surface area contributed by atoms with Crippen molar-refractivity contribution in [2.45, 2.75) is 18.7 Å². The molecule has 0 N–H and O–H groups in total. The summed E-state index contributed by atoms with van der Waals surface area (Å²) in [4.78, 5) is 0. The van der Waals surface area contributed by atoms with Gasteiger partial charge >= 0.3 is 6.36 Å². The third kappa shape index (κ3) is 3.92. The van der Waals surface area contributed by atoms with Gasteiger partial charge in [-0.3, -0.25) is 5.01 Å². The van der Waals surface area contributed by atoms with Crippen molar-refractivity contribution >= 4 is 5.69 Å². The third-order valence-electron chi connectivity index (χ3n) is 3.30. The fourth-order valence-electron chi connectivity index (χ4n) is 2.39. The van der Waals surface area contributed by atoms with E-state index in [0.29, 0.717) is 0 Å². The van der Waals surface area contributed by atoms with Gasteiger partial charge in [-0.2, -0.15) is 0 Å². The number of anilines is 1. The molecule has 0 spiro atoms. The number of alkyl halides is 5. The molecule has 10 heteroatoms. The van der Waals surface area contributed by atoms with E-state index in [-0.39, 0.29) is 12.2 Å². The zero-order chi connectivity index (χ0) is 17.4. The molecule has 2 rings (SSSR count). The van der Waals surface area contributed by atoms with Gasteiger partial charge in [0.25, 0.3) is 5.92 Å². The second kappa shape index (κ2) is 5.99. The summed E-state index contributed by atoms with van der Waals surface area (Å²) in [5.41, 5.74) is -0.382. The average molecular weight is 344 g/mol. The monoisotopic (exact) mass is 344 g/mol. The topological polar surface area (TPSA) is 24.9 Å². The Balaban J connectivity index is 2.43. The molecule has 1 heterocycles. The minimum Gasteiger partial charge on any atom is -0.491 e. The zero-order valence-corrected chi connectivity index (χ0v) is 12.3. The van der Waals surface area contributed by atoms with Crippen molar-refractivity contribution in [3.63, 3.8) is 0 Å². The SMILES string of the molecule is COc1c(OC(F)(F)F)ccc(F)c1N1CCC(F)(F)CN1C. The molecule has 23 heavy (non-hydrogen) atoms. The zero-order valence-electron chi connectivity index (χ0n) is 12.3. The molecule has 0 bridgehead atoms. The van der Waals surface area contributed by atoms with E-state index in [0.717, 1.165) is 29.3 Å². The summed E-state index contributed by atoms with van der Waals surface area (Å²) in [5.74, 6) is -5.13. The molecule has 0 aromatic heterocycles. The Hall–Kier alpha value is -1.84. The van der Waals surface area contributed by atoms with Crippen molar-refractivity contribution in [3.05, 3.63) is 17.9 Å². The van der Waals surface area contributed by atoms with E-state index in [9.17, 15) is 26.3 Å². The number of rotatable bonds is 3. The largest absolute Gasteiger partial charge is 0.573 e.